The highest BCUT2D eigenvalue weighted by molar-refractivity contribution is 6.30. The predicted molar refractivity (Wildman–Crippen MR) is 88.1 cm³/mol. The van der Waals surface area contributed by atoms with Gasteiger partial charge in [-0.2, -0.15) is 0 Å². The summed E-state index contributed by atoms with van der Waals surface area (Å²) in [6.07, 6.45) is 4.63. The van der Waals surface area contributed by atoms with Gasteiger partial charge in [-0.15, -0.1) is 0 Å². The van der Waals surface area contributed by atoms with E-state index in [9.17, 15) is 9.59 Å². The van der Waals surface area contributed by atoms with Crippen LogP contribution < -0.4 is 10.6 Å². The second-order valence-corrected chi connectivity index (χ2v) is 5.87. The van der Waals surface area contributed by atoms with Gasteiger partial charge in [0.1, 0.15) is 0 Å². The van der Waals surface area contributed by atoms with Gasteiger partial charge in [0.05, 0.1) is 0 Å². The van der Waals surface area contributed by atoms with Crippen LogP contribution in [0.25, 0.3) is 0 Å². The molecule has 1 aliphatic heterocycles. The maximum absolute atomic E-state index is 11.8. The van der Waals surface area contributed by atoms with Crippen LogP contribution in [-0.4, -0.2) is 36.5 Å². The first kappa shape index (κ1) is 16.6. The zero-order chi connectivity index (χ0) is 15.8. The van der Waals surface area contributed by atoms with E-state index >= 15 is 0 Å². The van der Waals surface area contributed by atoms with Crippen LogP contribution in [0.4, 0.5) is 10.5 Å². The fraction of sp³-hybridized carbons (Fsp3) is 0.500. The van der Waals surface area contributed by atoms with Crippen LogP contribution in [0, 0.1) is 0 Å². The van der Waals surface area contributed by atoms with E-state index in [0.717, 1.165) is 32.2 Å². The largest absolute Gasteiger partial charge is 0.343 e. The van der Waals surface area contributed by atoms with E-state index in [2.05, 4.69) is 10.6 Å². The quantitative estimate of drug-likeness (QED) is 0.817. The van der Waals surface area contributed by atoms with Gasteiger partial charge in [-0.05, 0) is 43.5 Å². The Labute approximate surface area is 136 Å². The first-order valence-electron chi connectivity index (χ1n) is 7.73. The van der Waals surface area contributed by atoms with Gasteiger partial charge in [0.2, 0.25) is 5.91 Å². The van der Waals surface area contributed by atoms with E-state index < -0.39 is 0 Å². The highest BCUT2D eigenvalue weighted by atomic mass is 35.5. The molecule has 1 aromatic carbocycles. The van der Waals surface area contributed by atoms with Crippen molar-refractivity contribution in [3.63, 3.8) is 0 Å². The van der Waals surface area contributed by atoms with Crippen molar-refractivity contribution in [1.29, 1.82) is 0 Å². The molecule has 6 heteroatoms. The maximum Gasteiger partial charge on any atom is 0.319 e. The van der Waals surface area contributed by atoms with Crippen molar-refractivity contribution < 1.29 is 9.59 Å². The van der Waals surface area contributed by atoms with Crippen molar-refractivity contribution in [2.45, 2.75) is 32.1 Å². The molecule has 1 saturated heterocycles. The van der Waals surface area contributed by atoms with Gasteiger partial charge in [0, 0.05) is 36.8 Å². The Bertz CT molecular complexity index is 505. The van der Waals surface area contributed by atoms with Crippen LogP contribution in [0.5, 0.6) is 0 Å². The molecule has 2 rings (SSSR count). The number of hydrogen-bond donors (Lipinski definition) is 2. The average molecular weight is 324 g/mol. The third-order valence-electron chi connectivity index (χ3n) is 3.66. The number of carbonyl (C=O) groups excluding carboxylic acids is 2. The van der Waals surface area contributed by atoms with Crippen molar-refractivity contribution in [3.05, 3.63) is 29.3 Å². The minimum atomic E-state index is -0.246. The number of likely N-dealkylation sites (tertiary alicyclic amines) is 1. The van der Waals surface area contributed by atoms with Gasteiger partial charge in [0.25, 0.3) is 0 Å². The lowest BCUT2D eigenvalue weighted by atomic mass is 10.2. The van der Waals surface area contributed by atoms with E-state index in [1.165, 1.54) is 0 Å². The number of nitrogens with one attached hydrogen (secondary N) is 2. The Balaban J connectivity index is 1.64. The van der Waals surface area contributed by atoms with E-state index in [1.807, 2.05) is 4.90 Å². The Morgan fingerprint density at radius 2 is 1.95 bits per heavy atom. The zero-order valence-electron chi connectivity index (χ0n) is 12.6. The van der Waals surface area contributed by atoms with Gasteiger partial charge in [-0.3, -0.25) is 4.79 Å². The summed E-state index contributed by atoms with van der Waals surface area (Å²) >= 11 is 5.79. The molecule has 0 spiro atoms. The maximum atomic E-state index is 11.8. The third-order valence-corrected chi connectivity index (χ3v) is 3.92. The summed E-state index contributed by atoms with van der Waals surface area (Å²) < 4.78 is 0. The molecule has 0 bridgehead atoms. The summed E-state index contributed by atoms with van der Waals surface area (Å²) in [7, 11) is 0. The monoisotopic (exact) mass is 323 g/mol. The van der Waals surface area contributed by atoms with Crippen LogP contribution in [0.3, 0.4) is 0 Å². The molecule has 0 atom stereocenters. The molecule has 0 aliphatic carbocycles. The molecule has 2 N–H and O–H groups in total. The molecule has 1 aliphatic rings. The minimum Gasteiger partial charge on any atom is -0.343 e. The number of hydrogen-bond acceptors (Lipinski definition) is 2. The smallest absolute Gasteiger partial charge is 0.319 e. The summed E-state index contributed by atoms with van der Waals surface area (Å²) in [4.78, 5) is 25.5. The van der Waals surface area contributed by atoms with Crippen molar-refractivity contribution in [3.8, 4) is 0 Å². The molecular formula is C16H22ClN3O2. The van der Waals surface area contributed by atoms with Crippen LogP contribution in [-0.2, 0) is 4.79 Å². The fourth-order valence-electron chi connectivity index (χ4n) is 2.46. The van der Waals surface area contributed by atoms with Gasteiger partial charge in [0.15, 0.2) is 0 Å². The number of rotatable bonds is 5. The predicted octanol–water partition coefficient (Wildman–Crippen LogP) is 3.25. The van der Waals surface area contributed by atoms with Gasteiger partial charge in [-0.1, -0.05) is 18.0 Å². The van der Waals surface area contributed by atoms with Gasteiger partial charge in [-0.25, -0.2) is 4.79 Å². The first-order chi connectivity index (χ1) is 10.6. The van der Waals surface area contributed by atoms with Crippen LogP contribution in [0.1, 0.15) is 32.1 Å². The number of urea groups is 1. The fourth-order valence-corrected chi connectivity index (χ4v) is 2.58. The van der Waals surface area contributed by atoms with E-state index in [-0.39, 0.29) is 11.9 Å². The molecule has 1 heterocycles. The average Bonchev–Trinajstić information content (AvgIpc) is 2.71. The summed E-state index contributed by atoms with van der Waals surface area (Å²) in [6, 6.07) is 6.70. The number of amides is 3. The molecular weight excluding hydrogens is 302 g/mol. The molecule has 3 amide bonds. The molecule has 22 heavy (non-hydrogen) atoms. The minimum absolute atomic E-state index is 0.239. The Morgan fingerprint density at radius 1 is 1.18 bits per heavy atom. The molecule has 1 aromatic rings. The highest BCUT2D eigenvalue weighted by Crippen LogP contribution is 2.13. The van der Waals surface area contributed by atoms with Crippen LogP contribution >= 0.6 is 11.6 Å². The summed E-state index contributed by atoms with van der Waals surface area (Å²) in [6.45, 7) is 2.10. The van der Waals surface area contributed by atoms with Gasteiger partial charge >= 0.3 is 6.03 Å². The van der Waals surface area contributed by atoms with Crippen molar-refractivity contribution in [2.75, 3.05) is 25.0 Å². The molecule has 1 fully saturated rings. The molecule has 120 valence electrons. The van der Waals surface area contributed by atoms with Crippen molar-refractivity contribution in [1.82, 2.24) is 10.2 Å². The SMILES string of the molecule is O=C(NCCCN1CCCCCC1=O)Nc1ccc(Cl)cc1. The third kappa shape index (κ3) is 5.56. The topological polar surface area (TPSA) is 61.4 Å². The highest BCUT2D eigenvalue weighted by Gasteiger charge is 2.15. The van der Waals surface area contributed by atoms with E-state index in [0.29, 0.717) is 30.2 Å². The zero-order valence-corrected chi connectivity index (χ0v) is 13.4. The number of anilines is 1. The van der Waals surface area contributed by atoms with Gasteiger partial charge < -0.3 is 15.5 Å². The van der Waals surface area contributed by atoms with Crippen molar-refractivity contribution >= 4 is 29.2 Å². The van der Waals surface area contributed by atoms with Crippen LogP contribution in [0.2, 0.25) is 5.02 Å². The molecule has 0 radical (unpaired) electrons. The molecule has 0 unspecified atom stereocenters. The first-order valence-corrected chi connectivity index (χ1v) is 8.11. The summed E-state index contributed by atoms with van der Waals surface area (Å²) in [5, 5.41) is 6.16. The molecule has 0 aromatic heterocycles. The number of carbonyl (C=O) groups is 2. The second kappa shape index (κ2) is 8.63. The summed E-state index contributed by atoms with van der Waals surface area (Å²) in [5.74, 6) is 0.239. The lowest BCUT2D eigenvalue weighted by molar-refractivity contribution is -0.130. The standard InChI is InChI=1S/C16H22ClN3O2/c17-13-6-8-14(9-7-13)19-16(22)18-10-4-12-20-11-3-1-2-5-15(20)21/h6-9H,1-5,10-12H2,(H2,18,19,22). The second-order valence-electron chi connectivity index (χ2n) is 5.43. The number of halogens is 1. The Morgan fingerprint density at radius 3 is 2.73 bits per heavy atom. The lowest BCUT2D eigenvalue weighted by Crippen LogP contribution is -2.35. The van der Waals surface area contributed by atoms with E-state index in [1.54, 1.807) is 24.3 Å². The van der Waals surface area contributed by atoms with Crippen molar-refractivity contribution in [2.24, 2.45) is 0 Å². The molecule has 0 saturated carbocycles. The molecule has 5 nitrogen and oxygen atoms in total. The Kier molecular flexibility index (Phi) is 6.52. The summed E-state index contributed by atoms with van der Waals surface area (Å²) in [5.41, 5.74) is 0.699. The lowest BCUT2D eigenvalue weighted by Gasteiger charge is -2.20. The normalized spacial score (nSPS) is 15.3. The van der Waals surface area contributed by atoms with E-state index in [4.69, 9.17) is 11.6 Å². The number of benzene rings is 1. The number of nitrogens with zero attached hydrogens (tertiary/aromatic N) is 1. The Hall–Kier alpha value is -1.75. The van der Waals surface area contributed by atoms with Crippen LogP contribution in [0.15, 0.2) is 24.3 Å².